The second-order valence-electron chi connectivity index (χ2n) is 7.14. The Balaban J connectivity index is 1.49. The summed E-state index contributed by atoms with van der Waals surface area (Å²) in [6, 6.07) is 0.529. The Kier molecular flexibility index (Phi) is 3.38. The molecule has 0 amide bonds. The molecule has 3 unspecified atom stereocenters. The van der Waals surface area contributed by atoms with Crippen LogP contribution in [0, 0.1) is 11.3 Å². The molecule has 0 radical (unpaired) electrons. The van der Waals surface area contributed by atoms with Gasteiger partial charge in [-0.15, -0.1) is 0 Å². The first-order chi connectivity index (χ1) is 10.2. The van der Waals surface area contributed by atoms with Gasteiger partial charge in [-0.2, -0.15) is 0 Å². The molecule has 1 spiro atoms. The van der Waals surface area contributed by atoms with Crippen molar-refractivity contribution < 1.29 is 9.84 Å². The molecule has 4 fully saturated rings. The van der Waals surface area contributed by atoms with Gasteiger partial charge in [0.05, 0.1) is 12.2 Å². The molecule has 2 aliphatic carbocycles. The number of nitrogens with zero attached hydrogens (tertiary/aromatic N) is 2. The molecular formula is C16H27N3O2. The molecule has 4 atom stereocenters. The summed E-state index contributed by atoms with van der Waals surface area (Å²) >= 11 is 0. The third kappa shape index (κ3) is 2.00. The standard InChI is InChI=1S/C16H27N3O2/c1-2-17-15(19-8-4-11(20)10-19)18-13-12-5-9-21-14(12)16(13)6-3-7-16/h11-14,20H,2-10H2,1H3,(H,17,18)/t11-,12?,13?,14?/m1/s1. The highest BCUT2D eigenvalue weighted by Gasteiger charge is 2.66. The molecule has 0 aromatic rings. The van der Waals surface area contributed by atoms with Gasteiger partial charge in [-0.3, -0.25) is 4.99 Å². The van der Waals surface area contributed by atoms with Crippen LogP contribution in [0.2, 0.25) is 0 Å². The maximum absolute atomic E-state index is 9.79. The zero-order chi connectivity index (χ0) is 14.4. The fourth-order valence-electron chi connectivity index (χ4n) is 4.92. The summed E-state index contributed by atoms with van der Waals surface area (Å²) in [5, 5.41) is 13.6. The Morgan fingerprint density at radius 3 is 2.90 bits per heavy atom. The molecule has 0 aromatic heterocycles. The van der Waals surface area contributed by atoms with Crippen LogP contribution in [-0.4, -0.2) is 60.5 Å². The van der Waals surface area contributed by atoms with Crippen LogP contribution >= 0.6 is 0 Å². The molecule has 2 saturated heterocycles. The third-order valence-electron chi connectivity index (χ3n) is 6.09. The molecule has 2 aliphatic heterocycles. The van der Waals surface area contributed by atoms with Gasteiger partial charge in [0.15, 0.2) is 5.96 Å². The number of guanidine groups is 1. The van der Waals surface area contributed by atoms with E-state index in [2.05, 4.69) is 22.1 Å². The summed E-state index contributed by atoms with van der Waals surface area (Å²) in [4.78, 5) is 6.91. The van der Waals surface area contributed by atoms with Gasteiger partial charge in [0.2, 0.25) is 0 Å². The van der Waals surface area contributed by atoms with Crippen LogP contribution in [0.4, 0.5) is 0 Å². The molecule has 2 N–H and O–H groups in total. The average Bonchev–Trinajstić information content (AvgIpc) is 3.01. The maximum atomic E-state index is 9.79. The van der Waals surface area contributed by atoms with Gasteiger partial charge in [-0.05, 0) is 32.6 Å². The lowest BCUT2D eigenvalue weighted by Gasteiger charge is -2.63. The van der Waals surface area contributed by atoms with Gasteiger partial charge < -0.3 is 20.1 Å². The van der Waals surface area contributed by atoms with E-state index in [0.29, 0.717) is 23.5 Å². The second-order valence-corrected chi connectivity index (χ2v) is 7.14. The SMILES string of the molecule is CCN=C(NC1C2CCOC2C12CCC2)N1CC[C@@H](O)C1. The van der Waals surface area contributed by atoms with E-state index in [1.165, 1.54) is 25.7 Å². The van der Waals surface area contributed by atoms with Crippen LogP contribution in [0.3, 0.4) is 0 Å². The Bertz CT molecular complexity index is 435. The molecule has 4 aliphatic rings. The highest BCUT2D eigenvalue weighted by Crippen LogP contribution is 2.62. The Hall–Kier alpha value is -0.810. The summed E-state index contributed by atoms with van der Waals surface area (Å²) in [7, 11) is 0. The Labute approximate surface area is 126 Å². The number of aliphatic imine (C=N–C) groups is 1. The number of likely N-dealkylation sites (tertiary alicyclic amines) is 1. The van der Waals surface area contributed by atoms with Crippen molar-refractivity contribution in [1.29, 1.82) is 0 Å². The summed E-state index contributed by atoms with van der Waals surface area (Å²) < 4.78 is 5.99. The van der Waals surface area contributed by atoms with Crippen molar-refractivity contribution in [2.45, 2.75) is 57.3 Å². The highest BCUT2D eigenvalue weighted by atomic mass is 16.5. The topological polar surface area (TPSA) is 57.1 Å². The number of hydrogen-bond acceptors (Lipinski definition) is 3. The largest absolute Gasteiger partial charge is 0.391 e. The number of aliphatic hydroxyl groups excluding tert-OH is 1. The molecule has 4 rings (SSSR count). The Morgan fingerprint density at radius 1 is 1.43 bits per heavy atom. The Morgan fingerprint density at radius 2 is 2.29 bits per heavy atom. The predicted octanol–water partition coefficient (Wildman–Crippen LogP) is 0.976. The van der Waals surface area contributed by atoms with E-state index in [0.717, 1.165) is 38.6 Å². The minimum absolute atomic E-state index is 0.199. The minimum Gasteiger partial charge on any atom is -0.391 e. The quantitative estimate of drug-likeness (QED) is 0.588. The van der Waals surface area contributed by atoms with Gasteiger partial charge in [-0.1, -0.05) is 6.42 Å². The van der Waals surface area contributed by atoms with Crippen molar-refractivity contribution in [1.82, 2.24) is 10.2 Å². The fraction of sp³-hybridized carbons (Fsp3) is 0.938. The summed E-state index contributed by atoms with van der Waals surface area (Å²) in [5.41, 5.74) is 0.383. The highest BCUT2D eigenvalue weighted by molar-refractivity contribution is 5.81. The van der Waals surface area contributed by atoms with Crippen molar-refractivity contribution in [2.24, 2.45) is 16.3 Å². The molecule has 2 heterocycles. The molecule has 5 nitrogen and oxygen atoms in total. The van der Waals surface area contributed by atoms with Crippen molar-refractivity contribution in [3.63, 3.8) is 0 Å². The molecule has 0 aromatic carbocycles. The van der Waals surface area contributed by atoms with E-state index in [1.54, 1.807) is 0 Å². The smallest absolute Gasteiger partial charge is 0.194 e. The van der Waals surface area contributed by atoms with Crippen LogP contribution in [0.1, 0.15) is 39.0 Å². The lowest BCUT2D eigenvalue weighted by atomic mass is 9.46. The van der Waals surface area contributed by atoms with Crippen molar-refractivity contribution in [3.05, 3.63) is 0 Å². The van der Waals surface area contributed by atoms with Gasteiger partial charge in [0.1, 0.15) is 0 Å². The number of β-amino-alcohol motifs (C(OH)–C–C–N with tert-alkyl or cyclic N) is 1. The van der Waals surface area contributed by atoms with E-state index < -0.39 is 0 Å². The molecular weight excluding hydrogens is 266 g/mol. The van der Waals surface area contributed by atoms with Crippen LogP contribution in [0.5, 0.6) is 0 Å². The third-order valence-corrected chi connectivity index (χ3v) is 6.09. The summed E-state index contributed by atoms with van der Waals surface area (Å²) in [6.07, 6.45) is 6.28. The minimum atomic E-state index is -0.199. The number of nitrogens with one attached hydrogen (secondary N) is 1. The maximum Gasteiger partial charge on any atom is 0.194 e. The molecule has 5 heteroatoms. The monoisotopic (exact) mass is 293 g/mol. The van der Waals surface area contributed by atoms with Gasteiger partial charge >= 0.3 is 0 Å². The fourth-order valence-corrected chi connectivity index (χ4v) is 4.92. The van der Waals surface area contributed by atoms with E-state index in [1.807, 2.05) is 0 Å². The summed E-state index contributed by atoms with van der Waals surface area (Å²) in [5.74, 6) is 1.68. The van der Waals surface area contributed by atoms with Gasteiger partial charge in [0, 0.05) is 43.6 Å². The predicted molar refractivity (Wildman–Crippen MR) is 81.2 cm³/mol. The number of rotatable bonds is 2. The number of fused-ring (bicyclic) bond motifs is 2. The number of ether oxygens (including phenoxy) is 1. The van der Waals surface area contributed by atoms with E-state index in [9.17, 15) is 5.11 Å². The van der Waals surface area contributed by atoms with Crippen LogP contribution in [-0.2, 0) is 4.74 Å². The average molecular weight is 293 g/mol. The first-order valence-corrected chi connectivity index (χ1v) is 8.60. The molecule has 0 bridgehead atoms. The molecule has 2 saturated carbocycles. The lowest BCUT2D eigenvalue weighted by Crippen LogP contribution is -2.72. The summed E-state index contributed by atoms with van der Waals surface area (Å²) in [6.45, 7) is 5.43. The normalized spacial score (nSPS) is 40.9. The van der Waals surface area contributed by atoms with Gasteiger partial charge in [-0.25, -0.2) is 0 Å². The van der Waals surface area contributed by atoms with Crippen LogP contribution < -0.4 is 5.32 Å². The van der Waals surface area contributed by atoms with Gasteiger partial charge in [0.25, 0.3) is 0 Å². The second kappa shape index (κ2) is 5.13. The van der Waals surface area contributed by atoms with Crippen molar-refractivity contribution in [3.8, 4) is 0 Å². The van der Waals surface area contributed by atoms with Crippen LogP contribution in [0.15, 0.2) is 4.99 Å². The van der Waals surface area contributed by atoms with E-state index in [-0.39, 0.29) is 6.10 Å². The molecule has 118 valence electrons. The van der Waals surface area contributed by atoms with Crippen LogP contribution in [0.25, 0.3) is 0 Å². The molecule has 21 heavy (non-hydrogen) atoms. The van der Waals surface area contributed by atoms with E-state index in [4.69, 9.17) is 4.74 Å². The zero-order valence-electron chi connectivity index (χ0n) is 12.9. The first-order valence-electron chi connectivity index (χ1n) is 8.60. The lowest BCUT2D eigenvalue weighted by molar-refractivity contribution is -0.171. The van der Waals surface area contributed by atoms with E-state index >= 15 is 0 Å². The zero-order valence-corrected chi connectivity index (χ0v) is 12.9. The van der Waals surface area contributed by atoms with Crippen molar-refractivity contribution >= 4 is 5.96 Å². The van der Waals surface area contributed by atoms with Crippen molar-refractivity contribution in [2.75, 3.05) is 26.2 Å². The number of hydrogen-bond donors (Lipinski definition) is 2. The number of aliphatic hydroxyl groups is 1. The first kappa shape index (κ1) is 13.8.